The molecule has 0 bridgehead atoms. The highest BCUT2D eigenvalue weighted by molar-refractivity contribution is 5.45. The molecule has 1 aromatic rings. The van der Waals surface area contributed by atoms with Crippen molar-refractivity contribution in [3.63, 3.8) is 0 Å². The first-order valence-electron chi connectivity index (χ1n) is 5.47. The van der Waals surface area contributed by atoms with Crippen molar-refractivity contribution in [3.05, 3.63) is 37.4 Å². The maximum atomic E-state index is 4.04. The number of benzene rings is 1. The van der Waals surface area contributed by atoms with E-state index in [4.69, 9.17) is 0 Å². The van der Waals surface area contributed by atoms with Crippen LogP contribution in [0.15, 0.2) is 30.3 Å². The predicted molar refractivity (Wildman–Crippen MR) is 63.3 cm³/mol. The first kappa shape index (κ1) is 11.1. The molecular formula is C13H20N. The molecule has 0 heterocycles. The van der Waals surface area contributed by atoms with Crippen molar-refractivity contribution >= 4 is 5.69 Å². The average molecular weight is 190 g/mol. The third-order valence-electron chi connectivity index (χ3n) is 2.40. The van der Waals surface area contributed by atoms with Gasteiger partial charge < -0.3 is 4.90 Å². The number of hydrogen-bond acceptors (Lipinski definition) is 1. The van der Waals surface area contributed by atoms with Gasteiger partial charge in [0, 0.05) is 19.3 Å². The van der Waals surface area contributed by atoms with Gasteiger partial charge in [-0.3, -0.25) is 0 Å². The van der Waals surface area contributed by atoms with Crippen molar-refractivity contribution in [2.24, 2.45) is 0 Å². The molecule has 1 nitrogen and oxygen atoms in total. The molecule has 0 aliphatic carbocycles. The van der Waals surface area contributed by atoms with Gasteiger partial charge in [-0.25, -0.2) is 0 Å². The second kappa shape index (κ2) is 6.47. The van der Waals surface area contributed by atoms with Gasteiger partial charge in [-0.1, -0.05) is 44.4 Å². The molecule has 14 heavy (non-hydrogen) atoms. The maximum Gasteiger partial charge on any atom is 0.0366 e. The van der Waals surface area contributed by atoms with Crippen LogP contribution in [0.5, 0.6) is 0 Å². The van der Waals surface area contributed by atoms with Crippen LogP contribution in [-0.2, 0) is 0 Å². The number of anilines is 1. The third kappa shape index (κ3) is 3.82. The minimum Gasteiger partial charge on any atom is -0.370 e. The van der Waals surface area contributed by atoms with Gasteiger partial charge in [0.1, 0.15) is 0 Å². The van der Waals surface area contributed by atoms with Gasteiger partial charge in [-0.05, 0) is 18.6 Å². The zero-order valence-corrected chi connectivity index (χ0v) is 9.08. The van der Waals surface area contributed by atoms with Gasteiger partial charge in [-0.2, -0.15) is 0 Å². The smallest absolute Gasteiger partial charge is 0.0366 e. The van der Waals surface area contributed by atoms with Gasteiger partial charge >= 0.3 is 0 Å². The van der Waals surface area contributed by atoms with E-state index >= 15 is 0 Å². The molecule has 1 heteroatoms. The molecular weight excluding hydrogens is 170 g/mol. The second-order valence-electron chi connectivity index (χ2n) is 3.66. The normalized spacial score (nSPS) is 10.1. The number of para-hydroxylation sites is 1. The Labute approximate surface area is 87.7 Å². The summed E-state index contributed by atoms with van der Waals surface area (Å²) in [5.41, 5.74) is 1.21. The number of hydrogen-bond donors (Lipinski definition) is 0. The Morgan fingerprint density at radius 2 is 1.79 bits per heavy atom. The highest BCUT2D eigenvalue weighted by Crippen LogP contribution is 2.12. The fourth-order valence-corrected chi connectivity index (χ4v) is 1.50. The van der Waals surface area contributed by atoms with Crippen LogP contribution < -0.4 is 4.90 Å². The molecule has 0 spiro atoms. The molecule has 0 saturated carbocycles. The molecule has 0 saturated heterocycles. The standard InChI is InChI=1S/C13H20N/c1-3-4-5-9-12-14(2)13-10-7-6-8-11-13/h6-8,10-11H,2-5,9,12H2,1H3. The SMILES string of the molecule is [CH2]N(CCCCCC)c1ccccc1. The summed E-state index contributed by atoms with van der Waals surface area (Å²) >= 11 is 0. The van der Waals surface area contributed by atoms with Crippen molar-refractivity contribution in [2.45, 2.75) is 32.6 Å². The van der Waals surface area contributed by atoms with Crippen LogP contribution in [0.2, 0.25) is 0 Å². The minimum absolute atomic E-state index is 1.06. The average Bonchev–Trinajstić information content (AvgIpc) is 2.25. The Hall–Kier alpha value is -0.980. The summed E-state index contributed by atoms with van der Waals surface area (Å²) < 4.78 is 0. The first-order valence-corrected chi connectivity index (χ1v) is 5.47. The van der Waals surface area contributed by atoms with E-state index in [9.17, 15) is 0 Å². The van der Waals surface area contributed by atoms with E-state index < -0.39 is 0 Å². The van der Waals surface area contributed by atoms with E-state index in [1.807, 2.05) is 6.07 Å². The van der Waals surface area contributed by atoms with Crippen LogP contribution in [0, 0.1) is 7.05 Å². The molecule has 0 unspecified atom stereocenters. The highest BCUT2D eigenvalue weighted by atomic mass is 15.1. The summed E-state index contributed by atoms with van der Waals surface area (Å²) in [6.45, 7) is 3.29. The Balaban J connectivity index is 2.25. The number of nitrogens with zero attached hydrogens (tertiary/aromatic N) is 1. The summed E-state index contributed by atoms with van der Waals surface area (Å²) in [4.78, 5) is 2.08. The molecule has 0 aliphatic rings. The lowest BCUT2D eigenvalue weighted by atomic mass is 10.2. The zero-order chi connectivity index (χ0) is 10.2. The van der Waals surface area contributed by atoms with Crippen LogP contribution in [-0.4, -0.2) is 6.54 Å². The Morgan fingerprint density at radius 3 is 2.43 bits per heavy atom. The minimum atomic E-state index is 1.06. The zero-order valence-electron chi connectivity index (χ0n) is 9.08. The molecule has 77 valence electrons. The summed E-state index contributed by atoms with van der Waals surface area (Å²) in [6, 6.07) is 10.4. The van der Waals surface area contributed by atoms with Gasteiger partial charge in [0.15, 0.2) is 0 Å². The molecule has 0 aliphatic heterocycles. The number of rotatable bonds is 6. The molecule has 1 rings (SSSR count). The van der Waals surface area contributed by atoms with E-state index in [1.165, 1.54) is 31.4 Å². The topological polar surface area (TPSA) is 3.24 Å². The Bertz CT molecular complexity index is 230. The van der Waals surface area contributed by atoms with E-state index in [0.717, 1.165) is 6.54 Å². The van der Waals surface area contributed by atoms with E-state index in [-0.39, 0.29) is 0 Å². The van der Waals surface area contributed by atoms with Crippen molar-refractivity contribution in [3.8, 4) is 0 Å². The summed E-state index contributed by atoms with van der Waals surface area (Å²) in [7, 11) is 4.04. The Morgan fingerprint density at radius 1 is 1.07 bits per heavy atom. The van der Waals surface area contributed by atoms with Crippen LogP contribution in [0.25, 0.3) is 0 Å². The van der Waals surface area contributed by atoms with Gasteiger partial charge in [0.2, 0.25) is 0 Å². The van der Waals surface area contributed by atoms with E-state index in [2.05, 4.69) is 43.1 Å². The Kier molecular flexibility index (Phi) is 5.13. The highest BCUT2D eigenvalue weighted by Gasteiger charge is 1.98. The van der Waals surface area contributed by atoms with Gasteiger partial charge in [-0.15, -0.1) is 0 Å². The summed E-state index contributed by atoms with van der Waals surface area (Å²) in [5, 5.41) is 0. The van der Waals surface area contributed by atoms with E-state index in [0.29, 0.717) is 0 Å². The summed E-state index contributed by atoms with van der Waals surface area (Å²) in [5.74, 6) is 0. The van der Waals surface area contributed by atoms with Gasteiger partial charge in [0.25, 0.3) is 0 Å². The summed E-state index contributed by atoms with van der Waals surface area (Å²) in [6.07, 6.45) is 5.19. The van der Waals surface area contributed by atoms with Crippen molar-refractivity contribution in [1.82, 2.24) is 0 Å². The lowest BCUT2D eigenvalue weighted by molar-refractivity contribution is 0.666. The predicted octanol–water partition coefficient (Wildman–Crippen LogP) is 3.86. The molecule has 0 amide bonds. The molecule has 0 atom stereocenters. The molecule has 0 aromatic heterocycles. The first-order chi connectivity index (χ1) is 6.84. The molecule has 0 fully saturated rings. The number of unbranched alkanes of at least 4 members (excludes halogenated alkanes) is 3. The fraction of sp³-hybridized carbons (Fsp3) is 0.462. The third-order valence-corrected chi connectivity index (χ3v) is 2.40. The lowest BCUT2D eigenvalue weighted by Crippen LogP contribution is -2.15. The van der Waals surface area contributed by atoms with Crippen LogP contribution in [0.3, 0.4) is 0 Å². The largest absolute Gasteiger partial charge is 0.370 e. The second-order valence-corrected chi connectivity index (χ2v) is 3.66. The van der Waals surface area contributed by atoms with Crippen molar-refractivity contribution < 1.29 is 0 Å². The quantitative estimate of drug-likeness (QED) is 0.616. The molecule has 1 radical (unpaired) electrons. The molecule has 0 N–H and O–H groups in total. The lowest BCUT2D eigenvalue weighted by Gasteiger charge is -2.18. The van der Waals surface area contributed by atoms with Crippen LogP contribution in [0.4, 0.5) is 5.69 Å². The van der Waals surface area contributed by atoms with Crippen molar-refractivity contribution in [1.29, 1.82) is 0 Å². The maximum absolute atomic E-state index is 4.04. The van der Waals surface area contributed by atoms with E-state index in [1.54, 1.807) is 0 Å². The van der Waals surface area contributed by atoms with Crippen LogP contribution >= 0.6 is 0 Å². The fourth-order valence-electron chi connectivity index (χ4n) is 1.50. The molecule has 1 aromatic carbocycles. The van der Waals surface area contributed by atoms with Crippen LogP contribution in [0.1, 0.15) is 32.6 Å². The van der Waals surface area contributed by atoms with Gasteiger partial charge in [0.05, 0.1) is 0 Å². The van der Waals surface area contributed by atoms with Crippen molar-refractivity contribution in [2.75, 3.05) is 11.4 Å². The monoisotopic (exact) mass is 190 g/mol.